The van der Waals surface area contributed by atoms with Gasteiger partial charge in [0.2, 0.25) is 0 Å². The number of rotatable bonds is 7. The maximum atomic E-state index is 11.6. The second kappa shape index (κ2) is 8.25. The van der Waals surface area contributed by atoms with E-state index in [2.05, 4.69) is 26.6 Å². The smallest absolute Gasteiger partial charge is 0.326 e. The van der Waals surface area contributed by atoms with Crippen molar-refractivity contribution in [1.82, 2.24) is 10.6 Å². The summed E-state index contributed by atoms with van der Waals surface area (Å²) in [6.07, 6.45) is -0.505. The Morgan fingerprint density at radius 3 is 2.43 bits per heavy atom. The fraction of sp³-hybridized carbons (Fsp3) is 0.308. The molecule has 0 bridgehead atoms. The first-order valence-electron chi connectivity index (χ1n) is 6.12. The van der Waals surface area contributed by atoms with E-state index in [-0.39, 0.29) is 19.4 Å². The summed E-state index contributed by atoms with van der Waals surface area (Å²) in [6.45, 7) is 0.221. The summed E-state index contributed by atoms with van der Waals surface area (Å²) in [5, 5.41) is 22.2. The Balaban J connectivity index is 2.49. The van der Waals surface area contributed by atoms with E-state index in [0.717, 1.165) is 10.0 Å². The Labute approximate surface area is 129 Å². The van der Waals surface area contributed by atoms with Gasteiger partial charge in [0.15, 0.2) is 0 Å². The molecule has 21 heavy (non-hydrogen) atoms. The zero-order valence-electron chi connectivity index (χ0n) is 11.0. The quantitative estimate of drug-likeness (QED) is 0.590. The van der Waals surface area contributed by atoms with Crippen LogP contribution in [0.5, 0.6) is 0 Å². The number of carbonyl (C=O) groups excluding carboxylic acids is 1. The van der Waals surface area contributed by atoms with Crippen molar-refractivity contribution >= 4 is 33.9 Å². The number of aliphatic carboxylic acids is 2. The SMILES string of the molecule is O=C(O)CC[C@H](NC(=O)NCc1ccccc1Br)C(=O)O. The molecule has 0 aliphatic rings. The predicted molar refractivity (Wildman–Crippen MR) is 77.8 cm³/mol. The fourth-order valence-electron chi connectivity index (χ4n) is 1.55. The molecule has 1 aromatic rings. The molecule has 0 spiro atoms. The third-order valence-corrected chi connectivity index (χ3v) is 3.42. The van der Waals surface area contributed by atoms with Crippen LogP contribution in [0, 0.1) is 0 Å². The molecule has 114 valence electrons. The largest absolute Gasteiger partial charge is 0.481 e. The lowest BCUT2D eigenvalue weighted by Crippen LogP contribution is -2.46. The van der Waals surface area contributed by atoms with Crippen molar-refractivity contribution in [3.63, 3.8) is 0 Å². The van der Waals surface area contributed by atoms with Crippen LogP contribution in [-0.2, 0) is 16.1 Å². The van der Waals surface area contributed by atoms with Crippen molar-refractivity contribution in [2.75, 3.05) is 0 Å². The van der Waals surface area contributed by atoms with E-state index in [4.69, 9.17) is 10.2 Å². The molecule has 0 saturated heterocycles. The number of carboxylic acids is 2. The van der Waals surface area contributed by atoms with Gasteiger partial charge in [-0.1, -0.05) is 34.1 Å². The van der Waals surface area contributed by atoms with Crippen LogP contribution in [0.2, 0.25) is 0 Å². The second-order valence-electron chi connectivity index (χ2n) is 4.24. The van der Waals surface area contributed by atoms with Gasteiger partial charge in [-0.05, 0) is 18.1 Å². The van der Waals surface area contributed by atoms with Crippen molar-refractivity contribution < 1.29 is 24.6 Å². The molecule has 1 atom stereocenters. The molecule has 0 aliphatic heterocycles. The lowest BCUT2D eigenvalue weighted by Gasteiger charge is -2.14. The maximum Gasteiger partial charge on any atom is 0.326 e. The summed E-state index contributed by atoms with van der Waals surface area (Å²) in [6, 6.07) is 5.38. The van der Waals surface area contributed by atoms with Gasteiger partial charge < -0.3 is 20.8 Å². The average Bonchev–Trinajstić information content (AvgIpc) is 2.42. The minimum atomic E-state index is -1.27. The minimum Gasteiger partial charge on any atom is -0.481 e. The van der Waals surface area contributed by atoms with E-state index < -0.39 is 24.0 Å². The Bertz CT molecular complexity index is 535. The van der Waals surface area contributed by atoms with Crippen LogP contribution in [0.4, 0.5) is 4.79 Å². The molecule has 1 aromatic carbocycles. The molecule has 2 amide bonds. The van der Waals surface area contributed by atoms with Gasteiger partial charge in [0, 0.05) is 17.4 Å². The monoisotopic (exact) mass is 358 g/mol. The fourth-order valence-corrected chi connectivity index (χ4v) is 1.98. The number of nitrogens with one attached hydrogen (secondary N) is 2. The molecule has 7 nitrogen and oxygen atoms in total. The summed E-state index contributed by atoms with van der Waals surface area (Å²) in [5.74, 6) is -2.39. The molecule has 8 heteroatoms. The number of carboxylic acid groups (broad SMARTS) is 2. The summed E-state index contributed by atoms with van der Waals surface area (Å²) in [4.78, 5) is 33.0. The number of hydrogen-bond acceptors (Lipinski definition) is 3. The van der Waals surface area contributed by atoms with Crippen LogP contribution in [0.1, 0.15) is 18.4 Å². The molecular formula is C13H15BrN2O5. The van der Waals surface area contributed by atoms with Gasteiger partial charge >= 0.3 is 18.0 Å². The number of carbonyl (C=O) groups is 3. The molecular weight excluding hydrogens is 344 g/mol. The zero-order chi connectivity index (χ0) is 15.8. The summed E-state index contributed by atoms with van der Waals surface area (Å²) >= 11 is 3.33. The van der Waals surface area contributed by atoms with E-state index in [0.29, 0.717) is 0 Å². The first-order chi connectivity index (χ1) is 9.90. The van der Waals surface area contributed by atoms with Crippen LogP contribution >= 0.6 is 15.9 Å². The van der Waals surface area contributed by atoms with Crippen molar-refractivity contribution in [2.45, 2.75) is 25.4 Å². The third kappa shape index (κ3) is 6.26. The molecule has 0 aromatic heterocycles. The van der Waals surface area contributed by atoms with Crippen LogP contribution in [-0.4, -0.2) is 34.2 Å². The number of amides is 2. The number of halogens is 1. The highest BCUT2D eigenvalue weighted by Crippen LogP contribution is 2.15. The molecule has 1 rings (SSSR count). The average molecular weight is 359 g/mol. The first-order valence-corrected chi connectivity index (χ1v) is 6.92. The highest BCUT2D eigenvalue weighted by molar-refractivity contribution is 9.10. The van der Waals surface area contributed by atoms with Crippen molar-refractivity contribution in [2.24, 2.45) is 0 Å². The second-order valence-corrected chi connectivity index (χ2v) is 5.10. The highest BCUT2D eigenvalue weighted by atomic mass is 79.9. The van der Waals surface area contributed by atoms with E-state index >= 15 is 0 Å². The zero-order valence-corrected chi connectivity index (χ0v) is 12.6. The normalized spacial score (nSPS) is 11.5. The number of hydrogen-bond donors (Lipinski definition) is 4. The molecule has 0 unspecified atom stereocenters. The maximum absolute atomic E-state index is 11.6. The van der Waals surface area contributed by atoms with Crippen LogP contribution < -0.4 is 10.6 Å². The summed E-state index contributed by atoms with van der Waals surface area (Å²) in [7, 11) is 0. The van der Waals surface area contributed by atoms with Crippen molar-refractivity contribution in [3.05, 3.63) is 34.3 Å². The van der Waals surface area contributed by atoms with E-state index in [1.165, 1.54) is 0 Å². The molecule has 4 N–H and O–H groups in total. The molecule has 0 heterocycles. The van der Waals surface area contributed by atoms with Gasteiger partial charge in [-0.15, -0.1) is 0 Å². The standard InChI is InChI=1S/C13H15BrN2O5/c14-9-4-2-1-3-8(9)7-15-13(21)16-10(12(19)20)5-6-11(17)18/h1-4,10H,5-7H2,(H,17,18)(H,19,20)(H2,15,16,21)/t10-/m0/s1. The third-order valence-electron chi connectivity index (χ3n) is 2.65. The molecule has 0 fully saturated rings. The van der Waals surface area contributed by atoms with Gasteiger partial charge in [-0.2, -0.15) is 0 Å². The molecule has 0 aliphatic carbocycles. The Morgan fingerprint density at radius 2 is 1.86 bits per heavy atom. The first kappa shape index (κ1) is 17.0. The summed E-state index contributed by atoms with van der Waals surface area (Å²) < 4.78 is 0.825. The van der Waals surface area contributed by atoms with Crippen LogP contribution in [0.15, 0.2) is 28.7 Å². The highest BCUT2D eigenvalue weighted by Gasteiger charge is 2.20. The van der Waals surface area contributed by atoms with E-state index in [1.807, 2.05) is 24.3 Å². The lowest BCUT2D eigenvalue weighted by molar-refractivity contribution is -0.140. The van der Waals surface area contributed by atoms with Crippen molar-refractivity contribution in [3.8, 4) is 0 Å². The van der Waals surface area contributed by atoms with Crippen LogP contribution in [0.3, 0.4) is 0 Å². The Hall–Kier alpha value is -2.09. The van der Waals surface area contributed by atoms with Gasteiger partial charge in [0.25, 0.3) is 0 Å². The van der Waals surface area contributed by atoms with Gasteiger partial charge in [-0.25, -0.2) is 9.59 Å². The number of benzene rings is 1. The topological polar surface area (TPSA) is 116 Å². The van der Waals surface area contributed by atoms with Gasteiger partial charge in [0.05, 0.1) is 0 Å². The van der Waals surface area contributed by atoms with Crippen molar-refractivity contribution in [1.29, 1.82) is 0 Å². The summed E-state index contributed by atoms with van der Waals surface area (Å²) in [5.41, 5.74) is 0.838. The Kier molecular flexibility index (Phi) is 6.67. The molecule has 0 saturated carbocycles. The predicted octanol–water partition coefficient (Wildman–Crippen LogP) is 1.57. The minimum absolute atomic E-state index is 0.173. The van der Waals surface area contributed by atoms with Crippen LogP contribution in [0.25, 0.3) is 0 Å². The molecule has 0 radical (unpaired) electrons. The number of urea groups is 1. The Morgan fingerprint density at radius 1 is 1.19 bits per heavy atom. The lowest BCUT2D eigenvalue weighted by atomic mass is 10.1. The van der Waals surface area contributed by atoms with E-state index in [1.54, 1.807) is 0 Å². The van der Waals surface area contributed by atoms with Gasteiger partial charge in [0.1, 0.15) is 6.04 Å². The van der Waals surface area contributed by atoms with Gasteiger partial charge in [-0.3, -0.25) is 4.79 Å². The van der Waals surface area contributed by atoms with E-state index in [9.17, 15) is 14.4 Å².